The molecule has 4 rings (SSSR count). The molecule has 0 spiro atoms. The van der Waals surface area contributed by atoms with Gasteiger partial charge in [0, 0.05) is 58.7 Å². The van der Waals surface area contributed by atoms with Crippen LogP contribution in [0.1, 0.15) is 59.6 Å². The topological polar surface area (TPSA) is 180 Å². The highest BCUT2D eigenvalue weighted by Gasteiger charge is 2.44. The van der Waals surface area contributed by atoms with Crippen molar-refractivity contribution in [3.05, 3.63) is 46.1 Å². The molecule has 0 radical (unpaired) electrons. The first-order chi connectivity index (χ1) is 21.7. The first-order valence-corrected chi connectivity index (χ1v) is 14.1. The summed E-state index contributed by atoms with van der Waals surface area (Å²) >= 11 is 0. The molecule has 2 heterocycles. The Hall–Kier alpha value is -5.24. The summed E-state index contributed by atoms with van der Waals surface area (Å²) in [5.41, 5.74) is -0.453. The molecule has 3 aromatic rings. The van der Waals surface area contributed by atoms with Crippen molar-refractivity contribution in [2.45, 2.75) is 72.4 Å². The van der Waals surface area contributed by atoms with Crippen molar-refractivity contribution >= 4 is 40.8 Å². The zero-order valence-electron chi connectivity index (χ0n) is 26.1. The van der Waals surface area contributed by atoms with Gasteiger partial charge in [-0.1, -0.05) is 0 Å². The molecule has 0 saturated carbocycles. The van der Waals surface area contributed by atoms with Gasteiger partial charge in [0.15, 0.2) is 28.8 Å². The molecule has 0 unspecified atom stereocenters. The Morgan fingerprint density at radius 2 is 1.39 bits per heavy atom. The lowest BCUT2D eigenvalue weighted by Crippen LogP contribution is -2.48. The molecule has 2 aromatic carbocycles. The monoisotopic (exact) mass is 640 g/mol. The third-order valence-electron chi connectivity index (χ3n) is 6.77. The minimum atomic E-state index is -1.09. The van der Waals surface area contributed by atoms with Crippen molar-refractivity contribution in [1.29, 1.82) is 0 Å². The normalized spacial score (nSPS) is 19.1. The predicted octanol–water partition coefficient (Wildman–Crippen LogP) is 3.96. The Morgan fingerprint density at radius 1 is 0.761 bits per heavy atom. The second kappa shape index (κ2) is 13.8. The third-order valence-corrected chi connectivity index (χ3v) is 6.77. The maximum atomic E-state index is 13.7. The van der Waals surface area contributed by atoms with E-state index in [0.717, 1.165) is 19.9 Å². The van der Waals surface area contributed by atoms with E-state index >= 15 is 0 Å². The van der Waals surface area contributed by atoms with Gasteiger partial charge >= 0.3 is 29.8 Å². The largest absolute Gasteiger partial charge is 0.493 e. The Bertz CT molecular complexity index is 1770. The van der Waals surface area contributed by atoms with E-state index in [0.29, 0.717) is 5.56 Å². The molecule has 14 nitrogen and oxygen atoms in total. The highest BCUT2D eigenvalue weighted by molar-refractivity contribution is 5.91. The van der Waals surface area contributed by atoms with Gasteiger partial charge in [0.25, 0.3) is 0 Å². The summed E-state index contributed by atoms with van der Waals surface area (Å²) in [6.07, 6.45) is -4.09. The highest BCUT2D eigenvalue weighted by atomic mass is 16.6. The summed E-state index contributed by atoms with van der Waals surface area (Å²) in [7, 11) is 1.39. The molecule has 244 valence electrons. The lowest BCUT2D eigenvalue weighted by molar-refractivity contribution is -0.204. The molecule has 0 N–H and O–H groups in total. The van der Waals surface area contributed by atoms with Crippen LogP contribution in [0.15, 0.2) is 39.5 Å². The van der Waals surface area contributed by atoms with Crippen molar-refractivity contribution < 1.29 is 61.5 Å². The number of fused-ring (bicyclic) bond motifs is 1. The van der Waals surface area contributed by atoms with E-state index in [2.05, 4.69) is 0 Å². The maximum Gasteiger partial charge on any atom is 0.308 e. The fourth-order valence-electron chi connectivity index (χ4n) is 5.20. The van der Waals surface area contributed by atoms with E-state index in [4.69, 9.17) is 37.6 Å². The van der Waals surface area contributed by atoms with E-state index in [1.54, 1.807) is 13.0 Å². The van der Waals surface area contributed by atoms with E-state index in [1.165, 1.54) is 46.1 Å². The Morgan fingerprint density at radius 3 is 1.98 bits per heavy atom. The van der Waals surface area contributed by atoms with Crippen LogP contribution in [0, 0.1) is 0 Å². The van der Waals surface area contributed by atoms with Crippen molar-refractivity contribution in [1.82, 2.24) is 0 Å². The molecule has 14 heteroatoms. The van der Waals surface area contributed by atoms with Crippen LogP contribution in [0.3, 0.4) is 0 Å². The van der Waals surface area contributed by atoms with Crippen LogP contribution < -0.4 is 24.4 Å². The van der Waals surface area contributed by atoms with Crippen LogP contribution in [0.5, 0.6) is 23.0 Å². The second-order valence-electron chi connectivity index (χ2n) is 10.4. The molecule has 46 heavy (non-hydrogen) atoms. The number of carbonyl (C=O) groups excluding carboxylic acids is 5. The molecular weight excluding hydrogens is 608 g/mol. The van der Waals surface area contributed by atoms with Gasteiger partial charge in [-0.05, 0) is 25.1 Å². The van der Waals surface area contributed by atoms with Crippen LogP contribution in [0.4, 0.5) is 0 Å². The Kier molecular flexibility index (Phi) is 10.1. The van der Waals surface area contributed by atoms with Crippen molar-refractivity contribution in [3.63, 3.8) is 0 Å². The van der Waals surface area contributed by atoms with Gasteiger partial charge in [0.1, 0.15) is 28.6 Å². The summed E-state index contributed by atoms with van der Waals surface area (Å²) in [6.45, 7) is 7.43. The predicted molar refractivity (Wildman–Crippen MR) is 157 cm³/mol. The Labute approximate surface area is 262 Å². The van der Waals surface area contributed by atoms with Crippen LogP contribution in [-0.2, 0) is 38.2 Å². The highest BCUT2D eigenvalue weighted by Crippen LogP contribution is 2.47. The first kappa shape index (κ1) is 33.6. The zero-order valence-corrected chi connectivity index (χ0v) is 26.1. The summed E-state index contributed by atoms with van der Waals surface area (Å²) < 4.78 is 44.6. The lowest BCUT2D eigenvalue weighted by atomic mass is 9.91. The summed E-state index contributed by atoms with van der Waals surface area (Å²) in [6, 6.07) is 6.93. The zero-order chi connectivity index (χ0) is 33.9. The molecule has 1 fully saturated rings. The number of hydrogen-bond donors (Lipinski definition) is 0. The molecule has 1 aromatic heterocycles. The van der Waals surface area contributed by atoms with Gasteiger partial charge in [-0.25, -0.2) is 0 Å². The number of ether oxygens (including phenoxy) is 7. The van der Waals surface area contributed by atoms with Crippen LogP contribution in [0.2, 0.25) is 0 Å². The number of esters is 5. The number of hydrogen-bond acceptors (Lipinski definition) is 14. The molecule has 0 amide bonds. The molecule has 0 aliphatic carbocycles. The van der Waals surface area contributed by atoms with Crippen LogP contribution >= 0.6 is 0 Å². The smallest absolute Gasteiger partial charge is 0.308 e. The minimum Gasteiger partial charge on any atom is -0.493 e. The number of methoxy groups -OCH3 is 1. The minimum absolute atomic E-state index is 0.00943. The molecule has 4 atom stereocenters. The van der Waals surface area contributed by atoms with E-state index < -0.39 is 59.7 Å². The molecule has 1 saturated heterocycles. The fourth-order valence-corrected chi connectivity index (χ4v) is 5.20. The number of benzene rings is 2. The molecule has 1 aliphatic heterocycles. The molecule has 0 bridgehead atoms. The molecule has 1 aliphatic rings. The van der Waals surface area contributed by atoms with Gasteiger partial charge < -0.3 is 37.6 Å². The second-order valence-corrected chi connectivity index (χ2v) is 10.4. The third kappa shape index (κ3) is 7.51. The standard InChI is InChI=1S/C32H32O14/c1-14-31(44-18(5)36)28(43-17(4)35)13-26(40-14)30-27(42-16(3)34)12-25-29(32(30)45-19(6)37)21(38)11-23(46-25)20-8-9-22(39-7)24(10-20)41-15(2)33/h8-12,14,26,28,31H,13H2,1-7H3/t14-,26-,28-,31+/m1/s1. The van der Waals surface area contributed by atoms with Gasteiger partial charge in [0.05, 0.1) is 24.9 Å². The average Bonchev–Trinajstić information content (AvgIpc) is 2.93. The van der Waals surface area contributed by atoms with Crippen LogP contribution in [0.25, 0.3) is 22.3 Å². The average molecular weight is 641 g/mol. The molecular formula is C32H32O14. The van der Waals surface area contributed by atoms with E-state index in [1.807, 2.05) is 0 Å². The van der Waals surface area contributed by atoms with Gasteiger partial charge in [0.2, 0.25) is 0 Å². The first-order valence-electron chi connectivity index (χ1n) is 14.1. The summed E-state index contributed by atoms with van der Waals surface area (Å²) in [5.74, 6) is -3.57. The van der Waals surface area contributed by atoms with Gasteiger partial charge in [-0.15, -0.1) is 0 Å². The number of carbonyl (C=O) groups is 5. The van der Waals surface area contributed by atoms with Gasteiger partial charge in [-0.3, -0.25) is 28.8 Å². The van der Waals surface area contributed by atoms with Crippen molar-refractivity contribution in [3.8, 4) is 34.3 Å². The van der Waals surface area contributed by atoms with Crippen molar-refractivity contribution in [2.75, 3.05) is 7.11 Å². The van der Waals surface area contributed by atoms with Crippen LogP contribution in [-0.4, -0.2) is 55.3 Å². The van der Waals surface area contributed by atoms with E-state index in [-0.39, 0.29) is 51.7 Å². The quantitative estimate of drug-likeness (QED) is 0.255. The van der Waals surface area contributed by atoms with Gasteiger partial charge in [-0.2, -0.15) is 0 Å². The maximum absolute atomic E-state index is 13.7. The SMILES string of the molecule is COc1ccc(-c2cc(=O)c3c(OC(C)=O)c([C@H]4C[C@@H](OC(C)=O)[C@@H](OC(C)=O)[C@@H](C)O4)c(OC(C)=O)cc3o2)cc1OC(C)=O. The lowest BCUT2D eigenvalue weighted by Gasteiger charge is -2.39. The number of rotatable bonds is 8. The summed E-state index contributed by atoms with van der Waals surface area (Å²) in [4.78, 5) is 73.8. The fraction of sp³-hybridized carbons (Fsp3) is 0.375. The van der Waals surface area contributed by atoms with E-state index in [9.17, 15) is 28.8 Å². The van der Waals surface area contributed by atoms with Crippen molar-refractivity contribution in [2.24, 2.45) is 0 Å². The summed E-state index contributed by atoms with van der Waals surface area (Å²) in [5, 5.41) is -0.180. The Balaban J connectivity index is 1.95.